The number of rotatable bonds is 8. The summed E-state index contributed by atoms with van der Waals surface area (Å²) in [4.78, 5) is 24.4. The van der Waals surface area contributed by atoms with Gasteiger partial charge in [-0.2, -0.15) is 0 Å². The number of benzene rings is 3. The van der Waals surface area contributed by atoms with Crippen LogP contribution in [0.5, 0.6) is 5.75 Å². The van der Waals surface area contributed by atoms with Gasteiger partial charge < -0.3 is 15.4 Å². The molecule has 0 atom stereocenters. The molecule has 0 heterocycles. The lowest BCUT2D eigenvalue weighted by atomic mass is 10.2. The van der Waals surface area contributed by atoms with Crippen molar-refractivity contribution >= 4 is 35.0 Å². The summed E-state index contributed by atoms with van der Waals surface area (Å²) in [5.74, 6) is 1.60. The zero-order valence-electron chi connectivity index (χ0n) is 16.1. The number of ether oxygens (including phenoxy) is 1. The van der Waals surface area contributed by atoms with Crippen LogP contribution in [0.1, 0.15) is 15.9 Å². The van der Waals surface area contributed by atoms with E-state index in [2.05, 4.69) is 10.6 Å². The van der Waals surface area contributed by atoms with Gasteiger partial charge in [-0.05, 0) is 54.1 Å². The van der Waals surface area contributed by atoms with Gasteiger partial charge in [0, 0.05) is 22.7 Å². The van der Waals surface area contributed by atoms with Gasteiger partial charge in [0.15, 0.2) is 0 Å². The number of thioether (sulfide) groups is 1. The lowest BCUT2D eigenvalue weighted by molar-refractivity contribution is -0.113. The summed E-state index contributed by atoms with van der Waals surface area (Å²) in [5, 5.41) is 5.68. The quantitative estimate of drug-likeness (QED) is 0.563. The molecule has 0 aliphatic rings. The van der Waals surface area contributed by atoms with E-state index in [1.807, 2.05) is 30.3 Å². The Morgan fingerprint density at radius 1 is 0.828 bits per heavy atom. The third-order valence-electron chi connectivity index (χ3n) is 4.12. The maximum absolute atomic E-state index is 12.3. The minimum atomic E-state index is -0.216. The van der Waals surface area contributed by atoms with Crippen LogP contribution in [0.25, 0.3) is 0 Å². The molecule has 5 nitrogen and oxygen atoms in total. The Labute approximate surface area is 174 Å². The van der Waals surface area contributed by atoms with Crippen molar-refractivity contribution in [3.63, 3.8) is 0 Å². The van der Waals surface area contributed by atoms with Gasteiger partial charge in [0.2, 0.25) is 5.91 Å². The van der Waals surface area contributed by atoms with Crippen molar-refractivity contribution in [3.8, 4) is 5.75 Å². The first kappa shape index (κ1) is 20.5. The standard InChI is InChI=1S/C23H22N2O3S/c1-28-21-13-11-20(12-14-21)25-23(27)18-7-9-19(10-8-18)24-22(26)16-29-15-17-5-3-2-4-6-17/h2-14H,15-16H2,1H3,(H,24,26)(H,25,27). The molecular formula is C23H22N2O3S. The molecule has 6 heteroatoms. The number of amides is 2. The first-order chi connectivity index (χ1) is 14.1. The SMILES string of the molecule is COc1ccc(NC(=O)c2ccc(NC(=O)CSCc3ccccc3)cc2)cc1. The van der Waals surface area contributed by atoms with Crippen LogP contribution >= 0.6 is 11.8 Å². The van der Waals surface area contributed by atoms with Crippen molar-refractivity contribution < 1.29 is 14.3 Å². The number of anilines is 2. The van der Waals surface area contributed by atoms with E-state index in [4.69, 9.17) is 4.74 Å². The predicted octanol–water partition coefficient (Wildman–Crippen LogP) is 4.82. The van der Waals surface area contributed by atoms with Gasteiger partial charge in [-0.3, -0.25) is 9.59 Å². The number of hydrogen-bond acceptors (Lipinski definition) is 4. The third kappa shape index (κ3) is 6.40. The molecule has 3 rings (SSSR count). The van der Waals surface area contributed by atoms with Gasteiger partial charge in [-0.15, -0.1) is 11.8 Å². The Bertz CT molecular complexity index is 942. The van der Waals surface area contributed by atoms with E-state index < -0.39 is 0 Å². The second-order valence-corrected chi connectivity index (χ2v) is 7.27. The summed E-state index contributed by atoms with van der Waals surface area (Å²) >= 11 is 1.56. The van der Waals surface area contributed by atoms with Crippen LogP contribution in [0.4, 0.5) is 11.4 Å². The normalized spacial score (nSPS) is 10.2. The average molecular weight is 407 g/mol. The van der Waals surface area contributed by atoms with Gasteiger partial charge in [-0.25, -0.2) is 0 Å². The maximum atomic E-state index is 12.3. The lowest BCUT2D eigenvalue weighted by Gasteiger charge is -2.08. The van der Waals surface area contributed by atoms with E-state index in [0.29, 0.717) is 22.7 Å². The third-order valence-corrected chi connectivity index (χ3v) is 5.13. The largest absolute Gasteiger partial charge is 0.497 e. The fourth-order valence-corrected chi connectivity index (χ4v) is 3.40. The van der Waals surface area contributed by atoms with Crippen LogP contribution in [0.2, 0.25) is 0 Å². The van der Waals surface area contributed by atoms with Crippen molar-refractivity contribution in [3.05, 3.63) is 90.0 Å². The van der Waals surface area contributed by atoms with Crippen LogP contribution in [-0.2, 0) is 10.5 Å². The molecule has 3 aromatic rings. The zero-order chi connectivity index (χ0) is 20.5. The summed E-state index contributed by atoms with van der Waals surface area (Å²) in [6, 6.07) is 24.0. The number of carbonyl (C=O) groups is 2. The highest BCUT2D eigenvalue weighted by Gasteiger charge is 2.08. The van der Waals surface area contributed by atoms with Crippen LogP contribution in [0, 0.1) is 0 Å². The molecule has 0 bridgehead atoms. The van der Waals surface area contributed by atoms with Crippen LogP contribution in [0.3, 0.4) is 0 Å². The smallest absolute Gasteiger partial charge is 0.255 e. The molecule has 0 aliphatic heterocycles. The van der Waals surface area contributed by atoms with E-state index in [1.165, 1.54) is 5.56 Å². The predicted molar refractivity (Wildman–Crippen MR) is 119 cm³/mol. The van der Waals surface area contributed by atoms with Gasteiger partial charge in [0.25, 0.3) is 5.91 Å². The first-order valence-electron chi connectivity index (χ1n) is 9.11. The van der Waals surface area contributed by atoms with Crippen LogP contribution < -0.4 is 15.4 Å². The van der Waals surface area contributed by atoms with E-state index in [0.717, 1.165) is 11.5 Å². The Kier molecular flexibility index (Phi) is 7.30. The van der Waals surface area contributed by atoms with Gasteiger partial charge in [0.05, 0.1) is 12.9 Å². The van der Waals surface area contributed by atoms with Gasteiger partial charge in [0.1, 0.15) is 5.75 Å². The summed E-state index contributed by atoms with van der Waals surface area (Å²) in [6.45, 7) is 0. The number of hydrogen-bond donors (Lipinski definition) is 2. The maximum Gasteiger partial charge on any atom is 0.255 e. The number of carbonyl (C=O) groups excluding carboxylic acids is 2. The molecule has 0 saturated heterocycles. The topological polar surface area (TPSA) is 67.4 Å². The summed E-state index contributed by atoms with van der Waals surface area (Å²) < 4.78 is 5.10. The molecule has 0 unspecified atom stereocenters. The summed E-state index contributed by atoms with van der Waals surface area (Å²) in [6.07, 6.45) is 0. The highest BCUT2D eigenvalue weighted by Crippen LogP contribution is 2.17. The fraction of sp³-hybridized carbons (Fsp3) is 0.130. The molecule has 2 N–H and O–H groups in total. The van der Waals surface area contributed by atoms with Crippen molar-refractivity contribution in [1.82, 2.24) is 0 Å². The Hall–Kier alpha value is -3.25. The van der Waals surface area contributed by atoms with Crippen molar-refractivity contribution in [2.45, 2.75) is 5.75 Å². The molecule has 0 saturated carbocycles. The number of nitrogens with one attached hydrogen (secondary N) is 2. The minimum Gasteiger partial charge on any atom is -0.497 e. The van der Waals surface area contributed by atoms with Crippen molar-refractivity contribution in [1.29, 1.82) is 0 Å². The zero-order valence-corrected chi connectivity index (χ0v) is 16.9. The van der Waals surface area contributed by atoms with E-state index >= 15 is 0 Å². The van der Waals surface area contributed by atoms with Crippen LogP contribution in [-0.4, -0.2) is 24.7 Å². The second kappa shape index (κ2) is 10.3. The Balaban J connectivity index is 1.47. The summed E-state index contributed by atoms with van der Waals surface area (Å²) in [7, 11) is 1.59. The molecule has 0 spiro atoms. The van der Waals surface area contributed by atoms with Crippen molar-refractivity contribution in [2.75, 3.05) is 23.5 Å². The molecule has 29 heavy (non-hydrogen) atoms. The van der Waals surface area contributed by atoms with Gasteiger partial charge in [-0.1, -0.05) is 30.3 Å². The average Bonchev–Trinajstić information content (AvgIpc) is 2.75. The second-order valence-electron chi connectivity index (χ2n) is 6.29. The fourth-order valence-electron chi connectivity index (χ4n) is 2.62. The molecule has 0 fully saturated rings. The Morgan fingerprint density at radius 3 is 2.10 bits per heavy atom. The van der Waals surface area contributed by atoms with E-state index in [1.54, 1.807) is 67.4 Å². The number of methoxy groups -OCH3 is 1. The lowest BCUT2D eigenvalue weighted by Crippen LogP contribution is -2.15. The molecule has 148 valence electrons. The van der Waals surface area contributed by atoms with Gasteiger partial charge >= 0.3 is 0 Å². The van der Waals surface area contributed by atoms with E-state index in [-0.39, 0.29) is 11.8 Å². The highest BCUT2D eigenvalue weighted by atomic mass is 32.2. The minimum absolute atomic E-state index is 0.0682. The first-order valence-corrected chi connectivity index (χ1v) is 10.3. The molecular weight excluding hydrogens is 384 g/mol. The molecule has 0 radical (unpaired) electrons. The molecule has 0 aliphatic carbocycles. The van der Waals surface area contributed by atoms with Crippen molar-refractivity contribution in [2.24, 2.45) is 0 Å². The molecule has 2 amide bonds. The molecule has 3 aromatic carbocycles. The Morgan fingerprint density at radius 2 is 1.45 bits per heavy atom. The monoisotopic (exact) mass is 406 g/mol. The van der Waals surface area contributed by atoms with E-state index in [9.17, 15) is 9.59 Å². The summed E-state index contributed by atoms with van der Waals surface area (Å²) in [5.41, 5.74) is 3.05. The van der Waals surface area contributed by atoms with Crippen LogP contribution in [0.15, 0.2) is 78.9 Å². The highest BCUT2D eigenvalue weighted by molar-refractivity contribution is 7.99. The molecule has 0 aromatic heterocycles.